The van der Waals surface area contributed by atoms with E-state index in [0.717, 1.165) is 43.1 Å². The molecule has 0 radical (unpaired) electrons. The number of hydrogen-bond acceptors (Lipinski definition) is 4. The highest BCUT2D eigenvalue weighted by Gasteiger charge is 2.42. The molecule has 0 spiro atoms. The number of amidine groups is 1. The van der Waals surface area contributed by atoms with Gasteiger partial charge in [0.15, 0.2) is 5.17 Å². The number of rotatable bonds is 3. The molecule has 1 aliphatic heterocycles. The van der Waals surface area contributed by atoms with Crippen molar-refractivity contribution >= 4 is 34.6 Å². The molecule has 3 rings (SSSR count). The summed E-state index contributed by atoms with van der Waals surface area (Å²) in [4.78, 5) is 18.2. The van der Waals surface area contributed by atoms with Crippen molar-refractivity contribution < 1.29 is 4.79 Å². The normalized spacial score (nSPS) is 20.7. The third-order valence-electron chi connectivity index (χ3n) is 3.69. The number of nitrogens with zero attached hydrogens (tertiary/aromatic N) is 1. The van der Waals surface area contributed by atoms with Crippen LogP contribution < -0.4 is 5.32 Å². The van der Waals surface area contributed by atoms with Crippen LogP contribution in [-0.2, 0) is 4.79 Å². The molecule has 3 nitrogen and oxygen atoms in total. The number of carbonyl (C=O) groups excluding carboxylic acids is 1. The topological polar surface area (TPSA) is 41.5 Å². The van der Waals surface area contributed by atoms with Crippen LogP contribution in [0.5, 0.6) is 0 Å². The lowest BCUT2D eigenvalue weighted by molar-refractivity contribution is -0.121. The summed E-state index contributed by atoms with van der Waals surface area (Å²) in [6.07, 6.45) is 4.17. The summed E-state index contributed by atoms with van der Waals surface area (Å²) in [7, 11) is 0. The second kappa shape index (κ2) is 6.22. The third-order valence-corrected chi connectivity index (χ3v) is 6.07. The molecule has 1 aliphatic carbocycles. The Morgan fingerprint density at radius 1 is 1.25 bits per heavy atom. The Morgan fingerprint density at radius 2 is 2.00 bits per heavy atom. The van der Waals surface area contributed by atoms with Gasteiger partial charge in [-0.15, -0.1) is 11.8 Å². The van der Waals surface area contributed by atoms with Crippen molar-refractivity contribution in [1.29, 1.82) is 0 Å². The predicted molar refractivity (Wildman–Crippen MR) is 86.4 cm³/mol. The molecule has 1 aromatic carbocycles. The van der Waals surface area contributed by atoms with Gasteiger partial charge in [-0.1, -0.05) is 42.8 Å². The number of hydrogen-bond donors (Lipinski definition) is 1. The zero-order valence-electron chi connectivity index (χ0n) is 11.3. The molecule has 5 heteroatoms. The molecule has 20 heavy (non-hydrogen) atoms. The van der Waals surface area contributed by atoms with E-state index in [4.69, 9.17) is 0 Å². The fourth-order valence-corrected chi connectivity index (χ4v) is 4.76. The van der Waals surface area contributed by atoms with Crippen LogP contribution in [0, 0.1) is 0 Å². The summed E-state index contributed by atoms with van der Waals surface area (Å²) in [5.41, 5.74) is 0. The summed E-state index contributed by atoms with van der Waals surface area (Å²) in [5, 5.41) is 3.84. The molecule has 2 aliphatic rings. The second-order valence-electron chi connectivity index (χ2n) is 5.11. The third kappa shape index (κ3) is 3.04. The molecule has 1 N–H and O–H groups in total. The van der Waals surface area contributed by atoms with Gasteiger partial charge in [0.05, 0.1) is 11.3 Å². The highest BCUT2D eigenvalue weighted by Crippen LogP contribution is 2.45. The van der Waals surface area contributed by atoms with E-state index in [-0.39, 0.29) is 10.7 Å². The highest BCUT2D eigenvalue weighted by atomic mass is 32.2. The van der Waals surface area contributed by atoms with E-state index >= 15 is 0 Å². The largest absolute Gasteiger partial charge is 0.304 e. The minimum absolute atomic E-state index is 0.136. The molecule has 0 aromatic heterocycles. The van der Waals surface area contributed by atoms with E-state index in [1.54, 1.807) is 23.5 Å². The SMILES string of the molecule is O=C(NC1=NCCS1)C1(Sc2ccccc2)CCCC1. The first-order valence-electron chi connectivity index (χ1n) is 7.01. The zero-order chi connectivity index (χ0) is 13.8. The molecule has 0 saturated heterocycles. The van der Waals surface area contributed by atoms with Gasteiger partial charge in [-0.25, -0.2) is 0 Å². The van der Waals surface area contributed by atoms with E-state index in [0.29, 0.717) is 0 Å². The Kier molecular flexibility index (Phi) is 4.36. The van der Waals surface area contributed by atoms with E-state index in [2.05, 4.69) is 22.4 Å². The average Bonchev–Trinajstić information content (AvgIpc) is 3.12. The lowest BCUT2D eigenvalue weighted by Gasteiger charge is -2.26. The number of aliphatic imine (C=N–C) groups is 1. The maximum absolute atomic E-state index is 12.7. The van der Waals surface area contributed by atoms with Crippen LogP contribution in [0.2, 0.25) is 0 Å². The van der Waals surface area contributed by atoms with Crippen LogP contribution in [0.25, 0.3) is 0 Å². The van der Waals surface area contributed by atoms with Crippen molar-refractivity contribution in [1.82, 2.24) is 5.32 Å². The minimum Gasteiger partial charge on any atom is -0.304 e. The molecule has 106 valence electrons. The van der Waals surface area contributed by atoms with Gasteiger partial charge < -0.3 is 5.32 Å². The second-order valence-corrected chi connectivity index (χ2v) is 7.65. The van der Waals surface area contributed by atoms with Gasteiger partial charge in [0.2, 0.25) is 5.91 Å². The maximum atomic E-state index is 12.7. The van der Waals surface area contributed by atoms with Gasteiger partial charge in [0, 0.05) is 10.6 Å². The van der Waals surface area contributed by atoms with E-state index in [1.807, 2.05) is 18.2 Å². The monoisotopic (exact) mass is 306 g/mol. The zero-order valence-corrected chi connectivity index (χ0v) is 12.9. The summed E-state index contributed by atoms with van der Waals surface area (Å²) >= 11 is 3.36. The van der Waals surface area contributed by atoms with Gasteiger partial charge in [0.25, 0.3) is 0 Å². The summed E-state index contributed by atoms with van der Waals surface area (Å²) in [5.74, 6) is 1.12. The number of thioether (sulfide) groups is 2. The first kappa shape index (κ1) is 14.0. The van der Waals surface area contributed by atoms with Gasteiger partial charge in [0.1, 0.15) is 0 Å². The highest BCUT2D eigenvalue weighted by molar-refractivity contribution is 8.14. The van der Waals surface area contributed by atoms with Gasteiger partial charge in [-0.05, 0) is 25.0 Å². The summed E-state index contributed by atoms with van der Waals surface area (Å²) < 4.78 is -0.312. The van der Waals surface area contributed by atoms with Crippen LogP contribution in [0.1, 0.15) is 25.7 Å². The Morgan fingerprint density at radius 3 is 2.65 bits per heavy atom. The van der Waals surface area contributed by atoms with Gasteiger partial charge in [-0.3, -0.25) is 9.79 Å². The lowest BCUT2D eigenvalue weighted by Crippen LogP contribution is -2.43. The van der Waals surface area contributed by atoms with E-state index in [9.17, 15) is 4.79 Å². The van der Waals surface area contributed by atoms with Crippen LogP contribution in [0.3, 0.4) is 0 Å². The summed E-state index contributed by atoms with van der Waals surface area (Å²) in [6.45, 7) is 0.819. The number of benzene rings is 1. The lowest BCUT2D eigenvalue weighted by atomic mass is 10.1. The van der Waals surface area contributed by atoms with Crippen molar-refractivity contribution in [3.63, 3.8) is 0 Å². The molecular formula is C15H18N2OS2. The van der Waals surface area contributed by atoms with E-state index < -0.39 is 0 Å². The van der Waals surface area contributed by atoms with Crippen molar-refractivity contribution in [2.24, 2.45) is 4.99 Å². The fourth-order valence-electron chi connectivity index (χ4n) is 2.66. The van der Waals surface area contributed by atoms with Crippen molar-refractivity contribution in [2.45, 2.75) is 35.3 Å². The molecule has 0 bridgehead atoms. The Hall–Kier alpha value is -0.940. The average molecular weight is 306 g/mol. The maximum Gasteiger partial charge on any atom is 0.242 e. The molecular weight excluding hydrogens is 288 g/mol. The molecule has 1 aromatic rings. The Labute approximate surface area is 128 Å². The fraction of sp³-hybridized carbons (Fsp3) is 0.467. The molecule has 1 fully saturated rings. The summed E-state index contributed by atoms with van der Waals surface area (Å²) in [6, 6.07) is 10.2. The van der Waals surface area contributed by atoms with Crippen molar-refractivity contribution in [3.8, 4) is 0 Å². The quantitative estimate of drug-likeness (QED) is 0.931. The van der Waals surface area contributed by atoms with Crippen LogP contribution in [0.4, 0.5) is 0 Å². The molecule has 0 atom stereocenters. The first-order chi connectivity index (χ1) is 9.78. The van der Waals surface area contributed by atoms with Gasteiger partial charge >= 0.3 is 0 Å². The predicted octanol–water partition coefficient (Wildman–Crippen LogP) is 3.31. The number of nitrogens with one attached hydrogen (secondary N) is 1. The number of amides is 1. The van der Waals surface area contributed by atoms with Crippen molar-refractivity contribution in [3.05, 3.63) is 30.3 Å². The number of carbonyl (C=O) groups is 1. The molecule has 1 saturated carbocycles. The Bertz CT molecular complexity index is 510. The van der Waals surface area contributed by atoms with E-state index in [1.165, 1.54) is 4.90 Å². The first-order valence-corrected chi connectivity index (χ1v) is 8.81. The van der Waals surface area contributed by atoms with Gasteiger partial charge in [-0.2, -0.15) is 0 Å². The standard InChI is InChI=1S/C15H18N2OS2/c18-13(17-14-16-10-11-19-14)15(8-4-5-9-15)20-12-6-2-1-3-7-12/h1-3,6-7H,4-5,8-11H2,(H,16,17,18). The smallest absolute Gasteiger partial charge is 0.242 e. The minimum atomic E-state index is -0.312. The Balaban J connectivity index is 1.75. The van der Waals surface area contributed by atoms with Crippen LogP contribution in [0.15, 0.2) is 40.2 Å². The van der Waals surface area contributed by atoms with Crippen LogP contribution >= 0.6 is 23.5 Å². The van der Waals surface area contributed by atoms with Crippen molar-refractivity contribution in [2.75, 3.05) is 12.3 Å². The molecule has 1 heterocycles. The van der Waals surface area contributed by atoms with Crippen LogP contribution in [-0.4, -0.2) is 28.1 Å². The molecule has 0 unspecified atom stereocenters. The molecule has 1 amide bonds.